The number of halogens is 1. The molecule has 0 bridgehead atoms. The second kappa shape index (κ2) is 6.10. The summed E-state index contributed by atoms with van der Waals surface area (Å²) in [6.45, 7) is 4.25. The fourth-order valence-corrected chi connectivity index (χ4v) is 3.20. The normalized spacial score (nSPS) is 17.1. The predicted octanol–water partition coefficient (Wildman–Crippen LogP) is 4.81. The van der Waals surface area contributed by atoms with E-state index in [1.165, 1.54) is 31.2 Å². The van der Waals surface area contributed by atoms with Crippen molar-refractivity contribution in [3.05, 3.63) is 46.7 Å². The molecule has 0 radical (unpaired) electrons. The minimum Gasteiger partial charge on any atom is -0.353 e. The summed E-state index contributed by atoms with van der Waals surface area (Å²) in [6, 6.07) is 8.88. The molecule has 3 rings (SSSR count). The van der Waals surface area contributed by atoms with Gasteiger partial charge in [-0.3, -0.25) is 0 Å². The Balaban J connectivity index is 1.84. The molecule has 3 nitrogen and oxygen atoms in total. The molecule has 1 unspecified atom stereocenters. The Morgan fingerprint density at radius 2 is 1.90 bits per heavy atom. The van der Waals surface area contributed by atoms with Gasteiger partial charge in [0.15, 0.2) is 0 Å². The first-order valence-corrected chi connectivity index (χ1v) is 8.09. The average molecular weight is 304 g/mol. The molecule has 0 spiro atoms. The molecule has 0 saturated heterocycles. The number of nitrogens with zero attached hydrogens (tertiary/aromatic N) is 2. The van der Waals surface area contributed by atoms with Crippen LogP contribution in [-0.4, -0.2) is 15.6 Å². The summed E-state index contributed by atoms with van der Waals surface area (Å²) in [5.74, 6) is 0.988. The van der Waals surface area contributed by atoms with Crippen molar-refractivity contribution < 1.29 is 0 Å². The molecule has 1 aromatic heterocycles. The lowest BCUT2D eigenvalue weighted by molar-refractivity contribution is 0.630. The number of anilines is 1. The maximum atomic E-state index is 5.98. The molecule has 1 aliphatic carbocycles. The van der Waals surface area contributed by atoms with Crippen LogP contribution in [0.4, 0.5) is 5.95 Å². The molecule has 1 fully saturated rings. The van der Waals surface area contributed by atoms with Crippen molar-refractivity contribution in [3.63, 3.8) is 0 Å². The third-order valence-electron chi connectivity index (χ3n) is 4.31. The van der Waals surface area contributed by atoms with Crippen LogP contribution >= 0.6 is 11.6 Å². The van der Waals surface area contributed by atoms with Gasteiger partial charge in [0.25, 0.3) is 0 Å². The van der Waals surface area contributed by atoms with Gasteiger partial charge in [-0.05, 0) is 44.4 Å². The lowest BCUT2D eigenvalue weighted by Gasteiger charge is -2.20. The van der Waals surface area contributed by atoms with Gasteiger partial charge in [0, 0.05) is 17.3 Å². The fourth-order valence-electron chi connectivity index (χ4n) is 3.07. The third kappa shape index (κ3) is 3.24. The van der Waals surface area contributed by atoms with E-state index in [9.17, 15) is 0 Å². The van der Waals surface area contributed by atoms with E-state index in [-0.39, 0.29) is 6.04 Å². The lowest BCUT2D eigenvalue weighted by atomic mass is 10.1. The Morgan fingerprint density at radius 1 is 1.24 bits per heavy atom. The second-order valence-electron chi connectivity index (χ2n) is 5.97. The molecule has 112 valence electrons. The highest BCUT2D eigenvalue weighted by Crippen LogP contribution is 2.27. The zero-order valence-corrected chi connectivity index (χ0v) is 13.4. The van der Waals surface area contributed by atoms with Crippen molar-refractivity contribution in [1.82, 2.24) is 9.55 Å². The van der Waals surface area contributed by atoms with E-state index in [0.29, 0.717) is 6.04 Å². The summed E-state index contributed by atoms with van der Waals surface area (Å²) in [7, 11) is 0. The Kier molecular flexibility index (Phi) is 4.20. The number of aromatic nitrogens is 2. The molecule has 21 heavy (non-hydrogen) atoms. The Hall–Kier alpha value is -1.48. The van der Waals surface area contributed by atoms with E-state index in [1.54, 1.807) is 0 Å². The number of hydrogen-bond donors (Lipinski definition) is 1. The highest BCUT2D eigenvalue weighted by atomic mass is 35.5. The van der Waals surface area contributed by atoms with Crippen LogP contribution in [0.1, 0.15) is 49.9 Å². The maximum absolute atomic E-state index is 5.98. The summed E-state index contributed by atoms with van der Waals surface area (Å²) in [6.07, 6.45) is 7.27. The largest absolute Gasteiger partial charge is 0.353 e. The number of hydrogen-bond acceptors (Lipinski definition) is 2. The van der Waals surface area contributed by atoms with E-state index in [2.05, 4.69) is 40.1 Å². The molecule has 1 aromatic carbocycles. The third-order valence-corrected chi connectivity index (χ3v) is 4.56. The summed E-state index contributed by atoms with van der Waals surface area (Å²) in [5.41, 5.74) is 2.29. The Labute approximate surface area is 131 Å². The lowest BCUT2D eigenvalue weighted by Crippen LogP contribution is -2.19. The summed E-state index contributed by atoms with van der Waals surface area (Å²) in [5, 5.41) is 4.39. The van der Waals surface area contributed by atoms with E-state index >= 15 is 0 Å². The van der Waals surface area contributed by atoms with Gasteiger partial charge in [0.05, 0.1) is 11.7 Å². The smallest absolute Gasteiger partial charge is 0.203 e. The zero-order chi connectivity index (χ0) is 14.8. The first-order chi connectivity index (χ1) is 10.1. The second-order valence-corrected chi connectivity index (χ2v) is 6.40. The van der Waals surface area contributed by atoms with Gasteiger partial charge in [-0.2, -0.15) is 0 Å². The van der Waals surface area contributed by atoms with Crippen LogP contribution < -0.4 is 5.32 Å². The van der Waals surface area contributed by atoms with E-state index in [0.717, 1.165) is 16.7 Å². The molecule has 4 heteroatoms. The van der Waals surface area contributed by atoms with Gasteiger partial charge in [0.2, 0.25) is 5.95 Å². The SMILES string of the molecule is Cc1cn(C(C)c2ccc(Cl)cc2)c(NC2CCCC2)n1. The average Bonchev–Trinajstić information content (AvgIpc) is 3.09. The van der Waals surface area contributed by atoms with E-state index in [1.807, 2.05) is 19.1 Å². The van der Waals surface area contributed by atoms with Crippen LogP contribution in [0.15, 0.2) is 30.5 Å². The monoisotopic (exact) mass is 303 g/mol. The summed E-state index contributed by atoms with van der Waals surface area (Å²) in [4.78, 5) is 4.66. The quantitative estimate of drug-likeness (QED) is 0.878. The van der Waals surface area contributed by atoms with Crippen LogP contribution in [0, 0.1) is 6.92 Å². The van der Waals surface area contributed by atoms with Crippen molar-refractivity contribution in [2.24, 2.45) is 0 Å². The van der Waals surface area contributed by atoms with Gasteiger partial charge in [-0.15, -0.1) is 0 Å². The summed E-state index contributed by atoms with van der Waals surface area (Å²) >= 11 is 5.98. The number of aryl methyl sites for hydroxylation is 1. The van der Waals surface area contributed by atoms with Crippen molar-refractivity contribution in [2.45, 2.75) is 51.6 Å². The van der Waals surface area contributed by atoms with Gasteiger partial charge in [-0.1, -0.05) is 36.6 Å². The number of imidazole rings is 1. The highest BCUT2D eigenvalue weighted by molar-refractivity contribution is 6.30. The fraction of sp³-hybridized carbons (Fsp3) is 0.471. The first-order valence-electron chi connectivity index (χ1n) is 7.71. The number of rotatable bonds is 4. The van der Waals surface area contributed by atoms with Crippen LogP contribution in [-0.2, 0) is 0 Å². The number of benzene rings is 1. The maximum Gasteiger partial charge on any atom is 0.203 e. The van der Waals surface area contributed by atoms with Gasteiger partial charge in [0.1, 0.15) is 0 Å². The first kappa shape index (κ1) is 14.5. The Morgan fingerprint density at radius 3 is 2.57 bits per heavy atom. The van der Waals surface area contributed by atoms with Crippen molar-refractivity contribution in [2.75, 3.05) is 5.32 Å². The van der Waals surface area contributed by atoms with Crippen LogP contribution in [0.2, 0.25) is 5.02 Å². The molecule has 0 amide bonds. The van der Waals surface area contributed by atoms with Crippen LogP contribution in [0.3, 0.4) is 0 Å². The van der Waals surface area contributed by atoms with Gasteiger partial charge in [-0.25, -0.2) is 4.98 Å². The van der Waals surface area contributed by atoms with E-state index < -0.39 is 0 Å². The standard InChI is InChI=1S/C17H22ClN3/c1-12-11-21(13(2)14-7-9-15(18)10-8-14)17(19-12)20-16-5-3-4-6-16/h7-11,13,16H,3-6H2,1-2H3,(H,19,20). The minimum atomic E-state index is 0.243. The topological polar surface area (TPSA) is 29.9 Å². The predicted molar refractivity (Wildman–Crippen MR) is 88.1 cm³/mol. The molecule has 1 atom stereocenters. The molecule has 1 saturated carbocycles. The molecule has 0 aliphatic heterocycles. The van der Waals surface area contributed by atoms with Crippen molar-refractivity contribution in [1.29, 1.82) is 0 Å². The highest BCUT2D eigenvalue weighted by Gasteiger charge is 2.19. The van der Waals surface area contributed by atoms with Gasteiger partial charge < -0.3 is 9.88 Å². The van der Waals surface area contributed by atoms with Crippen LogP contribution in [0.5, 0.6) is 0 Å². The van der Waals surface area contributed by atoms with Gasteiger partial charge >= 0.3 is 0 Å². The van der Waals surface area contributed by atoms with Crippen molar-refractivity contribution in [3.8, 4) is 0 Å². The Bertz CT molecular complexity index is 597. The number of nitrogens with one attached hydrogen (secondary N) is 1. The van der Waals surface area contributed by atoms with Crippen LogP contribution in [0.25, 0.3) is 0 Å². The molecular formula is C17H22ClN3. The molecular weight excluding hydrogens is 282 g/mol. The molecule has 1 N–H and O–H groups in total. The van der Waals surface area contributed by atoms with Crippen molar-refractivity contribution >= 4 is 17.5 Å². The minimum absolute atomic E-state index is 0.243. The molecule has 1 heterocycles. The molecule has 1 aliphatic rings. The van der Waals surface area contributed by atoms with E-state index in [4.69, 9.17) is 11.6 Å². The zero-order valence-electron chi connectivity index (χ0n) is 12.6. The molecule has 2 aromatic rings. The summed E-state index contributed by atoms with van der Waals surface area (Å²) < 4.78 is 2.23.